The summed E-state index contributed by atoms with van der Waals surface area (Å²) in [5.74, 6) is -0.114. The van der Waals surface area contributed by atoms with E-state index in [1.807, 2.05) is 52.0 Å². The second kappa shape index (κ2) is 6.02. The van der Waals surface area contributed by atoms with Gasteiger partial charge in [0.25, 0.3) is 0 Å². The number of nitrogens with one attached hydrogen (secondary N) is 1. The molecule has 0 heterocycles. The molecule has 0 radical (unpaired) electrons. The van der Waals surface area contributed by atoms with Gasteiger partial charge >= 0.3 is 0 Å². The first kappa shape index (κ1) is 15.4. The van der Waals surface area contributed by atoms with Crippen LogP contribution in [-0.4, -0.2) is 11.9 Å². The van der Waals surface area contributed by atoms with Crippen LogP contribution in [0.5, 0.6) is 0 Å². The van der Waals surface area contributed by atoms with Crippen molar-refractivity contribution in [1.29, 1.82) is 0 Å². The summed E-state index contributed by atoms with van der Waals surface area (Å²) in [6, 6.07) is 7.50. The third-order valence-electron chi connectivity index (χ3n) is 3.13. The monoisotopic (exact) mass is 260 g/mol. The Morgan fingerprint density at radius 2 is 1.84 bits per heavy atom. The molecule has 1 aromatic carbocycles. The highest BCUT2D eigenvalue weighted by molar-refractivity contribution is 5.82. The fourth-order valence-corrected chi connectivity index (χ4v) is 1.60. The minimum atomic E-state index is -0.498. The van der Waals surface area contributed by atoms with Gasteiger partial charge in [-0.15, -0.1) is 0 Å². The number of carbonyl (C=O) groups excluding carboxylic acids is 1. The Labute approximate surface area is 115 Å². The van der Waals surface area contributed by atoms with Crippen LogP contribution in [0.4, 0.5) is 0 Å². The van der Waals surface area contributed by atoms with E-state index in [1.165, 1.54) is 0 Å². The van der Waals surface area contributed by atoms with Gasteiger partial charge < -0.3 is 11.1 Å². The Hall–Kier alpha value is -1.61. The van der Waals surface area contributed by atoms with Crippen molar-refractivity contribution >= 4 is 11.5 Å². The molecule has 0 bridgehead atoms. The number of allylic oxidation sites excluding steroid dienone is 1. The molecule has 0 unspecified atom stereocenters. The van der Waals surface area contributed by atoms with Crippen molar-refractivity contribution in [3.63, 3.8) is 0 Å². The van der Waals surface area contributed by atoms with Gasteiger partial charge in [0.1, 0.15) is 0 Å². The molecule has 3 N–H and O–H groups in total. The van der Waals surface area contributed by atoms with Gasteiger partial charge in [0.2, 0.25) is 5.91 Å². The lowest BCUT2D eigenvalue weighted by Gasteiger charge is -2.25. The number of carbonyl (C=O) groups is 1. The third kappa shape index (κ3) is 4.52. The van der Waals surface area contributed by atoms with Gasteiger partial charge in [-0.25, -0.2) is 0 Å². The van der Waals surface area contributed by atoms with E-state index < -0.39 is 6.04 Å². The zero-order chi connectivity index (χ0) is 14.6. The van der Waals surface area contributed by atoms with Crippen LogP contribution in [0, 0.1) is 5.41 Å². The molecule has 0 aliphatic rings. The standard InChI is InChI=1S/C16H24N2O/c1-11(2)13-8-6-12(7-9-13)10-18-15(19)14(17)16(3,4)5/h6-9,14H,1,10,17H2,2-5H3,(H,18,19)/t14-/m1/s1. The van der Waals surface area contributed by atoms with Gasteiger partial charge in [0.15, 0.2) is 0 Å². The van der Waals surface area contributed by atoms with Gasteiger partial charge in [-0.2, -0.15) is 0 Å². The third-order valence-corrected chi connectivity index (χ3v) is 3.13. The van der Waals surface area contributed by atoms with Gasteiger partial charge in [-0.05, 0) is 23.5 Å². The fraction of sp³-hybridized carbons (Fsp3) is 0.438. The summed E-state index contributed by atoms with van der Waals surface area (Å²) in [5.41, 5.74) is 8.87. The van der Waals surface area contributed by atoms with Gasteiger partial charge in [-0.1, -0.05) is 57.2 Å². The number of rotatable bonds is 4. The summed E-state index contributed by atoms with van der Waals surface area (Å²) in [7, 11) is 0. The van der Waals surface area contributed by atoms with Gasteiger partial charge in [-0.3, -0.25) is 4.79 Å². The minimum absolute atomic E-state index is 0.114. The Balaban J connectivity index is 2.58. The number of nitrogens with two attached hydrogens (primary N) is 1. The van der Waals surface area contributed by atoms with E-state index in [4.69, 9.17) is 5.73 Å². The fourth-order valence-electron chi connectivity index (χ4n) is 1.60. The lowest BCUT2D eigenvalue weighted by atomic mass is 9.87. The molecule has 104 valence electrons. The molecule has 0 spiro atoms. The molecular weight excluding hydrogens is 236 g/mol. The molecule has 1 amide bonds. The second-order valence-electron chi connectivity index (χ2n) is 6.04. The second-order valence-corrected chi connectivity index (χ2v) is 6.04. The van der Waals surface area contributed by atoms with E-state index in [1.54, 1.807) is 0 Å². The van der Waals surface area contributed by atoms with Gasteiger partial charge in [0.05, 0.1) is 6.04 Å². The highest BCUT2D eigenvalue weighted by Crippen LogP contribution is 2.17. The molecule has 0 fully saturated rings. The molecule has 19 heavy (non-hydrogen) atoms. The molecule has 0 saturated heterocycles. The molecule has 0 aliphatic carbocycles. The SMILES string of the molecule is C=C(C)c1ccc(CNC(=O)[C@@H](N)C(C)(C)C)cc1. The quantitative estimate of drug-likeness (QED) is 0.874. The number of amides is 1. The van der Waals surface area contributed by atoms with Crippen LogP contribution in [-0.2, 0) is 11.3 Å². The predicted octanol–water partition coefficient (Wildman–Crippen LogP) is 2.71. The van der Waals surface area contributed by atoms with Crippen LogP contribution in [0.1, 0.15) is 38.8 Å². The van der Waals surface area contributed by atoms with E-state index in [9.17, 15) is 4.79 Å². The summed E-state index contributed by atoms with van der Waals surface area (Å²) in [4.78, 5) is 11.9. The van der Waals surface area contributed by atoms with Crippen LogP contribution in [0.3, 0.4) is 0 Å². The van der Waals surface area contributed by atoms with Crippen molar-refractivity contribution in [2.24, 2.45) is 11.1 Å². The molecule has 0 saturated carbocycles. The molecule has 1 rings (SSSR count). The van der Waals surface area contributed by atoms with E-state index >= 15 is 0 Å². The first-order valence-electron chi connectivity index (χ1n) is 6.50. The number of benzene rings is 1. The number of hydrogen-bond acceptors (Lipinski definition) is 2. The van der Waals surface area contributed by atoms with E-state index in [2.05, 4.69) is 11.9 Å². The van der Waals surface area contributed by atoms with Crippen molar-refractivity contribution in [3.05, 3.63) is 42.0 Å². The van der Waals surface area contributed by atoms with Crippen LogP contribution < -0.4 is 11.1 Å². The largest absolute Gasteiger partial charge is 0.351 e. The van der Waals surface area contributed by atoms with Crippen LogP contribution >= 0.6 is 0 Å². The maximum absolute atomic E-state index is 11.9. The lowest BCUT2D eigenvalue weighted by Crippen LogP contribution is -2.48. The molecular formula is C16H24N2O. The smallest absolute Gasteiger partial charge is 0.237 e. The Morgan fingerprint density at radius 3 is 2.26 bits per heavy atom. The van der Waals surface area contributed by atoms with Gasteiger partial charge in [0, 0.05) is 6.54 Å². The minimum Gasteiger partial charge on any atom is -0.351 e. The average Bonchev–Trinajstić information content (AvgIpc) is 2.34. The zero-order valence-corrected chi connectivity index (χ0v) is 12.3. The van der Waals surface area contributed by atoms with E-state index in [0.29, 0.717) is 6.54 Å². The van der Waals surface area contributed by atoms with Crippen molar-refractivity contribution < 1.29 is 4.79 Å². The lowest BCUT2D eigenvalue weighted by molar-refractivity contribution is -0.124. The highest BCUT2D eigenvalue weighted by Gasteiger charge is 2.26. The summed E-state index contributed by atoms with van der Waals surface area (Å²) in [5, 5.41) is 2.87. The molecule has 3 nitrogen and oxygen atoms in total. The first-order chi connectivity index (χ1) is 8.71. The highest BCUT2D eigenvalue weighted by atomic mass is 16.2. The Bertz CT molecular complexity index is 455. The van der Waals surface area contributed by atoms with Crippen LogP contribution in [0.2, 0.25) is 0 Å². The average molecular weight is 260 g/mol. The van der Waals surface area contributed by atoms with Crippen molar-refractivity contribution in [3.8, 4) is 0 Å². The zero-order valence-electron chi connectivity index (χ0n) is 12.3. The maximum Gasteiger partial charge on any atom is 0.237 e. The Kier molecular flexibility index (Phi) is 4.90. The first-order valence-corrected chi connectivity index (χ1v) is 6.50. The summed E-state index contributed by atoms with van der Waals surface area (Å²) in [6.45, 7) is 12.2. The van der Waals surface area contributed by atoms with E-state index in [-0.39, 0.29) is 11.3 Å². The van der Waals surface area contributed by atoms with Crippen molar-refractivity contribution in [1.82, 2.24) is 5.32 Å². The molecule has 1 aromatic rings. The summed E-state index contributed by atoms with van der Waals surface area (Å²) in [6.07, 6.45) is 0. The van der Waals surface area contributed by atoms with E-state index in [0.717, 1.165) is 16.7 Å². The van der Waals surface area contributed by atoms with Crippen LogP contribution in [0.15, 0.2) is 30.8 Å². The predicted molar refractivity (Wildman–Crippen MR) is 80.4 cm³/mol. The Morgan fingerprint density at radius 1 is 1.32 bits per heavy atom. The topological polar surface area (TPSA) is 55.1 Å². The van der Waals surface area contributed by atoms with Crippen LogP contribution in [0.25, 0.3) is 5.57 Å². The number of hydrogen-bond donors (Lipinski definition) is 2. The summed E-state index contributed by atoms with van der Waals surface area (Å²) < 4.78 is 0. The maximum atomic E-state index is 11.9. The normalized spacial score (nSPS) is 12.9. The molecule has 3 heteroatoms. The molecule has 1 atom stereocenters. The summed E-state index contributed by atoms with van der Waals surface area (Å²) >= 11 is 0. The molecule has 0 aromatic heterocycles. The van der Waals surface area contributed by atoms with Crippen molar-refractivity contribution in [2.45, 2.75) is 40.3 Å². The molecule has 0 aliphatic heterocycles. The van der Waals surface area contributed by atoms with Crippen molar-refractivity contribution in [2.75, 3.05) is 0 Å².